The first-order chi connectivity index (χ1) is 6.78. The molecule has 1 saturated heterocycles. The highest BCUT2D eigenvalue weighted by molar-refractivity contribution is 7.99. The van der Waals surface area contributed by atoms with Crippen molar-refractivity contribution in [1.82, 2.24) is 9.78 Å². The fourth-order valence-corrected chi connectivity index (χ4v) is 3.15. The van der Waals surface area contributed by atoms with E-state index in [2.05, 4.69) is 16.0 Å². The van der Waals surface area contributed by atoms with E-state index in [4.69, 9.17) is 5.73 Å². The van der Waals surface area contributed by atoms with E-state index in [1.165, 1.54) is 23.5 Å². The lowest BCUT2D eigenvalue weighted by atomic mass is 10.1. The summed E-state index contributed by atoms with van der Waals surface area (Å²) in [5.41, 5.74) is 7.33. The number of thioether (sulfide) groups is 1. The van der Waals surface area contributed by atoms with Gasteiger partial charge in [-0.05, 0) is 25.0 Å². The molecule has 0 bridgehead atoms. The van der Waals surface area contributed by atoms with Crippen LogP contribution in [0, 0.1) is 0 Å². The van der Waals surface area contributed by atoms with Crippen LogP contribution in [0.15, 0.2) is 12.4 Å². The Morgan fingerprint density at radius 3 is 3.07 bits per heavy atom. The molecule has 2 aliphatic rings. The Kier molecular flexibility index (Phi) is 1.89. The molecule has 1 aromatic heterocycles. The summed E-state index contributed by atoms with van der Waals surface area (Å²) in [5.74, 6) is 2.48. The SMILES string of the molecule is NC1(c2cnn(C3CCSC3)c2)CC1. The smallest absolute Gasteiger partial charge is 0.0617 e. The topological polar surface area (TPSA) is 43.8 Å². The summed E-state index contributed by atoms with van der Waals surface area (Å²) >= 11 is 2.02. The maximum Gasteiger partial charge on any atom is 0.0617 e. The molecule has 3 nitrogen and oxygen atoms in total. The fraction of sp³-hybridized carbons (Fsp3) is 0.700. The number of rotatable bonds is 2. The van der Waals surface area contributed by atoms with E-state index in [0.29, 0.717) is 6.04 Å². The number of hydrogen-bond acceptors (Lipinski definition) is 3. The van der Waals surface area contributed by atoms with Crippen molar-refractivity contribution in [2.24, 2.45) is 5.73 Å². The van der Waals surface area contributed by atoms with E-state index in [0.717, 1.165) is 12.8 Å². The number of hydrogen-bond donors (Lipinski definition) is 1. The van der Waals surface area contributed by atoms with Crippen LogP contribution in [0.4, 0.5) is 0 Å². The summed E-state index contributed by atoms with van der Waals surface area (Å²) in [6.45, 7) is 0. The Balaban J connectivity index is 1.82. The van der Waals surface area contributed by atoms with Gasteiger partial charge < -0.3 is 5.73 Å². The van der Waals surface area contributed by atoms with E-state index in [1.807, 2.05) is 18.0 Å². The number of nitrogens with zero attached hydrogens (tertiary/aromatic N) is 2. The van der Waals surface area contributed by atoms with Gasteiger partial charge in [0.15, 0.2) is 0 Å². The normalized spacial score (nSPS) is 29.4. The van der Waals surface area contributed by atoms with Crippen molar-refractivity contribution in [3.05, 3.63) is 18.0 Å². The molecule has 0 spiro atoms. The van der Waals surface area contributed by atoms with Crippen LogP contribution in [0.3, 0.4) is 0 Å². The summed E-state index contributed by atoms with van der Waals surface area (Å²) in [4.78, 5) is 0. The maximum absolute atomic E-state index is 6.12. The number of nitrogens with two attached hydrogens (primary N) is 1. The first-order valence-electron chi connectivity index (χ1n) is 5.19. The standard InChI is InChI=1S/C10H15N3S/c11-10(2-3-10)8-5-12-13(6-8)9-1-4-14-7-9/h5-6,9H,1-4,7,11H2. The van der Waals surface area contributed by atoms with Gasteiger partial charge >= 0.3 is 0 Å². The predicted molar refractivity (Wildman–Crippen MR) is 58.3 cm³/mol. The second kappa shape index (κ2) is 3.00. The van der Waals surface area contributed by atoms with Crippen LogP contribution in [0.2, 0.25) is 0 Å². The molecule has 1 unspecified atom stereocenters. The lowest BCUT2D eigenvalue weighted by molar-refractivity contribution is 0.501. The maximum atomic E-state index is 6.12. The molecule has 4 heteroatoms. The first-order valence-corrected chi connectivity index (χ1v) is 6.35. The molecule has 0 aromatic carbocycles. The summed E-state index contributed by atoms with van der Waals surface area (Å²) < 4.78 is 2.11. The van der Waals surface area contributed by atoms with E-state index < -0.39 is 0 Å². The Bertz CT molecular complexity index is 337. The zero-order chi connectivity index (χ0) is 9.60. The van der Waals surface area contributed by atoms with Gasteiger partial charge in [-0.15, -0.1) is 0 Å². The van der Waals surface area contributed by atoms with Crippen molar-refractivity contribution in [1.29, 1.82) is 0 Å². The van der Waals surface area contributed by atoms with Gasteiger partial charge in [-0.1, -0.05) is 0 Å². The molecule has 0 radical (unpaired) electrons. The minimum Gasteiger partial charge on any atom is -0.321 e. The van der Waals surface area contributed by atoms with Crippen LogP contribution in [0.5, 0.6) is 0 Å². The van der Waals surface area contributed by atoms with Crippen molar-refractivity contribution in [2.75, 3.05) is 11.5 Å². The van der Waals surface area contributed by atoms with Gasteiger partial charge in [-0.25, -0.2) is 0 Å². The quantitative estimate of drug-likeness (QED) is 0.803. The zero-order valence-corrected chi connectivity index (χ0v) is 8.96. The van der Waals surface area contributed by atoms with E-state index in [1.54, 1.807) is 0 Å². The van der Waals surface area contributed by atoms with Crippen molar-refractivity contribution < 1.29 is 0 Å². The highest BCUT2D eigenvalue weighted by Crippen LogP contribution is 2.42. The van der Waals surface area contributed by atoms with Gasteiger partial charge in [0.2, 0.25) is 0 Å². The Morgan fingerprint density at radius 2 is 2.43 bits per heavy atom. The average molecular weight is 209 g/mol. The van der Waals surface area contributed by atoms with Crippen LogP contribution in [-0.2, 0) is 5.54 Å². The molecule has 3 rings (SSSR count). The van der Waals surface area contributed by atoms with E-state index in [9.17, 15) is 0 Å². The van der Waals surface area contributed by atoms with Crippen LogP contribution in [0.25, 0.3) is 0 Å². The molecule has 1 aliphatic carbocycles. The van der Waals surface area contributed by atoms with Gasteiger partial charge in [0.05, 0.1) is 12.2 Å². The van der Waals surface area contributed by atoms with E-state index >= 15 is 0 Å². The van der Waals surface area contributed by atoms with Crippen molar-refractivity contribution in [2.45, 2.75) is 30.8 Å². The van der Waals surface area contributed by atoms with Crippen LogP contribution in [0.1, 0.15) is 30.9 Å². The Morgan fingerprint density at radius 1 is 1.57 bits per heavy atom. The molecule has 2 fully saturated rings. The molecule has 76 valence electrons. The van der Waals surface area contributed by atoms with Crippen LogP contribution < -0.4 is 5.73 Å². The first kappa shape index (κ1) is 8.80. The predicted octanol–water partition coefficient (Wildman–Crippen LogP) is 1.51. The van der Waals surface area contributed by atoms with Crippen molar-refractivity contribution in [3.63, 3.8) is 0 Å². The summed E-state index contributed by atoms with van der Waals surface area (Å²) in [6, 6.07) is 0.607. The third kappa shape index (κ3) is 1.37. The second-order valence-corrected chi connectivity index (χ2v) is 5.53. The highest BCUT2D eigenvalue weighted by atomic mass is 32.2. The summed E-state index contributed by atoms with van der Waals surface area (Å²) in [6.07, 6.45) is 7.61. The van der Waals surface area contributed by atoms with Crippen LogP contribution in [-0.4, -0.2) is 21.3 Å². The van der Waals surface area contributed by atoms with Crippen molar-refractivity contribution in [3.8, 4) is 0 Å². The monoisotopic (exact) mass is 209 g/mol. The third-order valence-electron chi connectivity index (χ3n) is 3.24. The molecular weight excluding hydrogens is 194 g/mol. The lowest BCUT2D eigenvalue weighted by Gasteiger charge is -2.08. The number of aromatic nitrogens is 2. The Labute approximate surface area is 88.0 Å². The third-order valence-corrected chi connectivity index (χ3v) is 4.39. The molecule has 1 aromatic rings. The van der Waals surface area contributed by atoms with Gasteiger partial charge in [0, 0.05) is 23.1 Å². The molecular formula is C10H15N3S. The minimum absolute atomic E-state index is 0.0238. The molecule has 14 heavy (non-hydrogen) atoms. The van der Waals surface area contributed by atoms with Crippen LogP contribution >= 0.6 is 11.8 Å². The summed E-state index contributed by atoms with van der Waals surface area (Å²) in [5, 5.41) is 4.43. The Hall–Kier alpha value is -0.480. The van der Waals surface area contributed by atoms with Gasteiger partial charge in [0.25, 0.3) is 0 Å². The largest absolute Gasteiger partial charge is 0.321 e. The van der Waals surface area contributed by atoms with Gasteiger partial charge in [-0.3, -0.25) is 4.68 Å². The molecule has 1 saturated carbocycles. The fourth-order valence-electron chi connectivity index (χ4n) is 1.95. The summed E-state index contributed by atoms with van der Waals surface area (Å²) in [7, 11) is 0. The molecule has 0 amide bonds. The zero-order valence-electron chi connectivity index (χ0n) is 8.15. The molecule has 2 N–H and O–H groups in total. The highest BCUT2D eigenvalue weighted by Gasteiger charge is 2.41. The lowest BCUT2D eigenvalue weighted by Crippen LogP contribution is -2.18. The van der Waals surface area contributed by atoms with Gasteiger partial charge in [-0.2, -0.15) is 16.9 Å². The molecule has 1 atom stereocenters. The van der Waals surface area contributed by atoms with Gasteiger partial charge in [0.1, 0.15) is 0 Å². The van der Waals surface area contributed by atoms with Crippen molar-refractivity contribution >= 4 is 11.8 Å². The minimum atomic E-state index is -0.0238. The average Bonchev–Trinajstić information content (AvgIpc) is 2.73. The second-order valence-electron chi connectivity index (χ2n) is 4.38. The van der Waals surface area contributed by atoms with E-state index in [-0.39, 0.29) is 5.54 Å². The molecule has 1 aliphatic heterocycles. The molecule has 2 heterocycles.